The third kappa shape index (κ3) is 4.52. The zero-order valence-corrected chi connectivity index (χ0v) is 17.6. The minimum absolute atomic E-state index is 0.135. The fourth-order valence-electron chi connectivity index (χ4n) is 3.70. The van der Waals surface area contributed by atoms with Crippen LogP contribution in [0, 0.1) is 24.2 Å². The van der Waals surface area contributed by atoms with Gasteiger partial charge in [0, 0.05) is 32.9 Å². The Bertz CT molecular complexity index is 1070. The molecule has 1 aliphatic rings. The van der Waals surface area contributed by atoms with E-state index in [1.165, 1.54) is 17.6 Å². The van der Waals surface area contributed by atoms with Crippen LogP contribution < -0.4 is 15.8 Å². The number of hydrogen-bond donors (Lipinski definition) is 1. The monoisotopic (exact) mass is 409 g/mol. The van der Waals surface area contributed by atoms with Crippen LogP contribution in [0.25, 0.3) is 11.7 Å². The van der Waals surface area contributed by atoms with Crippen molar-refractivity contribution in [3.8, 4) is 6.07 Å². The zero-order chi connectivity index (χ0) is 21.7. The molecule has 3 heterocycles. The molecule has 1 saturated heterocycles. The van der Waals surface area contributed by atoms with Crippen molar-refractivity contribution in [3.63, 3.8) is 0 Å². The molecule has 0 radical (unpaired) electrons. The summed E-state index contributed by atoms with van der Waals surface area (Å²) in [4.78, 5) is 32.7. The fourth-order valence-corrected chi connectivity index (χ4v) is 3.70. The lowest BCUT2D eigenvalue weighted by atomic mass is 10.00. The number of amides is 1. The van der Waals surface area contributed by atoms with Crippen LogP contribution in [0.3, 0.4) is 0 Å². The summed E-state index contributed by atoms with van der Waals surface area (Å²) in [5.41, 5.74) is 1.29. The Labute approximate surface area is 175 Å². The number of aromatic nitrogens is 2. The SMILES string of the molecule is COCCNC(=O)C(C#N)=Cc1c(N2CCCC(C)C2)nc2c(C)cccn2c1=O. The molecule has 2 aromatic heterocycles. The number of rotatable bonds is 6. The van der Waals surface area contributed by atoms with Gasteiger partial charge in [0.15, 0.2) is 0 Å². The predicted octanol–water partition coefficient (Wildman–Crippen LogP) is 1.91. The number of ether oxygens (including phenoxy) is 1. The highest BCUT2D eigenvalue weighted by Crippen LogP contribution is 2.25. The number of aryl methyl sites for hydroxylation is 1. The van der Waals surface area contributed by atoms with Gasteiger partial charge in [0.25, 0.3) is 11.5 Å². The van der Waals surface area contributed by atoms with Gasteiger partial charge in [-0.25, -0.2) is 4.98 Å². The lowest BCUT2D eigenvalue weighted by Gasteiger charge is -2.32. The highest BCUT2D eigenvalue weighted by Gasteiger charge is 2.23. The average molecular weight is 409 g/mol. The van der Waals surface area contributed by atoms with E-state index < -0.39 is 5.91 Å². The molecule has 2 aromatic rings. The van der Waals surface area contributed by atoms with Crippen molar-refractivity contribution < 1.29 is 9.53 Å². The number of methoxy groups -OCH3 is 1. The molecule has 0 saturated carbocycles. The Morgan fingerprint density at radius 2 is 2.30 bits per heavy atom. The Morgan fingerprint density at radius 1 is 1.50 bits per heavy atom. The van der Waals surface area contributed by atoms with Crippen LogP contribution in [-0.4, -0.2) is 48.6 Å². The molecule has 158 valence electrons. The van der Waals surface area contributed by atoms with Crippen molar-refractivity contribution in [2.75, 3.05) is 38.3 Å². The van der Waals surface area contributed by atoms with E-state index in [4.69, 9.17) is 9.72 Å². The molecule has 30 heavy (non-hydrogen) atoms. The highest BCUT2D eigenvalue weighted by molar-refractivity contribution is 6.02. The Morgan fingerprint density at radius 3 is 3.00 bits per heavy atom. The van der Waals surface area contributed by atoms with Crippen LogP contribution in [0.5, 0.6) is 0 Å². The molecule has 8 heteroatoms. The summed E-state index contributed by atoms with van der Waals surface area (Å²) in [5.74, 6) is 0.458. The molecule has 1 atom stereocenters. The zero-order valence-electron chi connectivity index (χ0n) is 17.6. The number of carbonyl (C=O) groups excluding carboxylic acids is 1. The first-order chi connectivity index (χ1) is 14.5. The topological polar surface area (TPSA) is 99.7 Å². The van der Waals surface area contributed by atoms with Gasteiger partial charge in [-0.2, -0.15) is 5.26 Å². The van der Waals surface area contributed by atoms with Crippen molar-refractivity contribution >= 4 is 23.4 Å². The van der Waals surface area contributed by atoms with E-state index in [-0.39, 0.29) is 23.2 Å². The molecule has 0 bridgehead atoms. The van der Waals surface area contributed by atoms with E-state index in [0.29, 0.717) is 24.0 Å². The quantitative estimate of drug-likeness (QED) is 0.444. The van der Waals surface area contributed by atoms with Crippen LogP contribution in [0.2, 0.25) is 0 Å². The summed E-state index contributed by atoms with van der Waals surface area (Å²) in [6.45, 7) is 6.24. The number of pyridine rings is 1. The second-order valence-corrected chi connectivity index (χ2v) is 7.65. The van der Waals surface area contributed by atoms with Crippen LogP contribution in [-0.2, 0) is 9.53 Å². The maximum Gasteiger partial charge on any atom is 0.267 e. The number of nitrogens with one attached hydrogen (secondary N) is 1. The smallest absolute Gasteiger partial charge is 0.267 e. The number of nitrogens with zero attached hydrogens (tertiary/aromatic N) is 4. The number of hydrogen-bond acceptors (Lipinski definition) is 6. The van der Waals surface area contributed by atoms with E-state index in [1.54, 1.807) is 12.3 Å². The van der Waals surface area contributed by atoms with Crippen molar-refractivity contribution in [2.24, 2.45) is 5.92 Å². The molecule has 3 rings (SSSR count). The second kappa shape index (κ2) is 9.55. The van der Waals surface area contributed by atoms with E-state index in [2.05, 4.69) is 17.1 Å². The summed E-state index contributed by atoms with van der Waals surface area (Å²) >= 11 is 0. The summed E-state index contributed by atoms with van der Waals surface area (Å²) in [7, 11) is 1.53. The maximum atomic E-state index is 13.4. The van der Waals surface area contributed by atoms with Crippen LogP contribution >= 0.6 is 0 Å². The number of nitriles is 1. The first-order valence-electron chi connectivity index (χ1n) is 10.1. The molecular weight excluding hydrogens is 382 g/mol. The normalized spacial score (nSPS) is 17.1. The molecule has 8 nitrogen and oxygen atoms in total. The Balaban J connectivity index is 2.15. The molecule has 1 amide bonds. The minimum Gasteiger partial charge on any atom is -0.383 e. The number of piperidine rings is 1. The number of carbonyl (C=O) groups is 1. The van der Waals surface area contributed by atoms with Gasteiger partial charge in [-0.15, -0.1) is 0 Å². The van der Waals surface area contributed by atoms with E-state index in [1.807, 2.05) is 19.1 Å². The highest BCUT2D eigenvalue weighted by atomic mass is 16.5. The molecule has 1 N–H and O–H groups in total. The van der Waals surface area contributed by atoms with Crippen LogP contribution in [0.4, 0.5) is 5.82 Å². The Kier molecular flexibility index (Phi) is 6.85. The van der Waals surface area contributed by atoms with Gasteiger partial charge >= 0.3 is 0 Å². The summed E-state index contributed by atoms with van der Waals surface area (Å²) in [6, 6.07) is 5.61. The van der Waals surface area contributed by atoms with Gasteiger partial charge in [-0.3, -0.25) is 14.0 Å². The molecule has 0 spiro atoms. The van der Waals surface area contributed by atoms with Gasteiger partial charge in [0.2, 0.25) is 0 Å². The lowest BCUT2D eigenvalue weighted by Crippen LogP contribution is -2.37. The predicted molar refractivity (Wildman–Crippen MR) is 115 cm³/mol. The second-order valence-electron chi connectivity index (χ2n) is 7.65. The first kappa shape index (κ1) is 21.5. The van der Waals surface area contributed by atoms with Crippen molar-refractivity contribution in [1.82, 2.24) is 14.7 Å². The molecule has 1 unspecified atom stereocenters. The third-order valence-electron chi connectivity index (χ3n) is 5.27. The van der Waals surface area contributed by atoms with Crippen molar-refractivity contribution in [2.45, 2.75) is 26.7 Å². The van der Waals surface area contributed by atoms with Gasteiger partial charge in [-0.05, 0) is 43.4 Å². The Hall–Kier alpha value is -3.18. The molecule has 0 aliphatic carbocycles. The van der Waals surface area contributed by atoms with Crippen LogP contribution in [0.1, 0.15) is 30.9 Å². The standard InChI is InChI=1S/C22H27N5O3/c1-15-6-4-9-26(14-15)20-18(12-17(13-23)21(28)24-8-11-30-3)22(29)27-10-5-7-16(2)19(27)25-20/h5,7,10,12,15H,4,6,8-9,11,14H2,1-3H3,(H,24,28). The number of fused-ring (bicyclic) bond motifs is 1. The fraction of sp³-hybridized carbons (Fsp3) is 0.455. The summed E-state index contributed by atoms with van der Waals surface area (Å²) < 4.78 is 6.39. The summed E-state index contributed by atoms with van der Waals surface area (Å²) in [6.07, 6.45) is 5.14. The molecule has 1 fully saturated rings. The van der Waals surface area contributed by atoms with Crippen molar-refractivity contribution in [3.05, 3.63) is 45.4 Å². The molecule has 1 aliphatic heterocycles. The van der Waals surface area contributed by atoms with E-state index >= 15 is 0 Å². The third-order valence-corrected chi connectivity index (χ3v) is 5.27. The van der Waals surface area contributed by atoms with Crippen LogP contribution in [0.15, 0.2) is 28.7 Å². The lowest BCUT2D eigenvalue weighted by molar-refractivity contribution is -0.117. The largest absolute Gasteiger partial charge is 0.383 e. The minimum atomic E-state index is -0.541. The van der Waals surface area contributed by atoms with E-state index in [0.717, 1.165) is 31.5 Å². The molecule has 0 aromatic carbocycles. The molecular formula is C22H27N5O3. The van der Waals surface area contributed by atoms with Gasteiger partial charge in [0.1, 0.15) is 23.1 Å². The maximum absolute atomic E-state index is 13.4. The van der Waals surface area contributed by atoms with E-state index in [9.17, 15) is 14.9 Å². The summed E-state index contributed by atoms with van der Waals surface area (Å²) in [5, 5.41) is 12.2. The van der Waals surface area contributed by atoms with Gasteiger partial charge in [-0.1, -0.05) is 13.0 Å². The van der Waals surface area contributed by atoms with Crippen molar-refractivity contribution in [1.29, 1.82) is 5.26 Å². The van der Waals surface area contributed by atoms with Gasteiger partial charge in [0.05, 0.1) is 12.2 Å². The number of anilines is 1. The van der Waals surface area contributed by atoms with Gasteiger partial charge < -0.3 is 15.0 Å². The average Bonchev–Trinajstić information content (AvgIpc) is 2.73. The first-order valence-corrected chi connectivity index (χ1v) is 10.1.